The van der Waals surface area contributed by atoms with Crippen molar-refractivity contribution in [1.82, 2.24) is 9.55 Å². The van der Waals surface area contributed by atoms with Gasteiger partial charge in [-0.15, -0.1) is 13.2 Å². The lowest BCUT2D eigenvalue weighted by Crippen LogP contribution is -2.23. The molecule has 3 aromatic rings. The summed E-state index contributed by atoms with van der Waals surface area (Å²) in [6.07, 6.45) is -4.72. The van der Waals surface area contributed by atoms with Crippen molar-refractivity contribution in [3.63, 3.8) is 0 Å². The van der Waals surface area contributed by atoms with Gasteiger partial charge in [-0.05, 0) is 43.3 Å². The van der Waals surface area contributed by atoms with Crippen LogP contribution in [0.25, 0.3) is 11.0 Å². The average Bonchev–Trinajstić information content (AvgIpc) is 2.91. The summed E-state index contributed by atoms with van der Waals surface area (Å²) in [6.45, 7) is 2.96. The molecule has 0 fully saturated rings. The summed E-state index contributed by atoms with van der Waals surface area (Å²) in [7, 11) is 0. The third kappa shape index (κ3) is 4.90. The van der Waals surface area contributed by atoms with Gasteiger partial charge in [-0.25, -0.2) is 4.98 Å². The zero-order chi connectivity index (χ0) is 19.4. The van der Waals surface area contributed by atoms with E-state index >= 15 is 0 Å². The third-order valence-corrected chi connectivity index (χ3v) is 3.81. The first-order chi connectivity index (χ1) is 12.8. The SMILES string of the molecule is Cc1nc2ccccc2n1CCN=C(N)Nc1ccc(OC(F)(F)F)cc1. The van der Waals surface area contributed by atoms with E-state index in [4.69, 9.17) is 5.73 Å². The third-order valence-electron chi connectivity index (χ3n) is 3.81. The highest BCUT2D eigenvalue weighted by molar-refractivity contribution is 5.92. The number of nitrogens with zero attached hydrogens (tertiary/aromatic N) is 3. The minimum atomic E-state index is -4.72. The molecule has 3 rings (SSSR count). The van der Waals surface area contributed by atoms with Crippen LogP contribution in [0.3, 0.4) is 0 Å². The highest BCUT2D eigenvalue weighted by Crippen LogP contribution is 2.23. The van der Waals surface area contributed by atoms with Gasteiger partial charge in [0.15, 0.2) is 5.96 Å². The Balaban J connectivity index is 1.59. The van der Waals surface area contributed by atoms with Crippen LogP contribution >= 0.6 is 0 Å². The molecule has 1 heterocycles. The van der Waals surface area contributed by atoms with E-state index in [1.165, 1.54) is 24.3 Å². The number of benzene rings is 2. The number of aromatic nitrogens is 2. The van der Waals surface area contributed by atoms with Crippen molar-refractivity contribution < 1.29 is 17.9 Å². The smallest absolute Gasteiger partial charge is 0.406 e. The quantitative estimate of drug-likeness (QED) is 0.525. The molecule has 1 aromatic heterocycles. The summed E-state index contributed by atoms with van der Waals surface area (Å²) in [5.74, 6) is 0.755. The maximum absolute atomic E-state index is 12.2. The lowest BCUT2D eigenvalue weighted by molar-refractivity contribution is -0.274. The summed E-state index contributed by atoms with van der Waals surface area (Å²) in [5.41, 5.74) is 8.30. The molecule has 142 valence electrons. The number of aliphatic imine (C=N–C) groups is 1. The van der Waals surface area contributed by atoms with E-state index in [0.717, 1.165) is 16.9 Å². The van der Waals surface area contributed by atoms with Crippen LogP contribution in [-0.4, -0.2) is 28.4 Å². The van der Waals surface area contributed by atoms with Crippen LogP contribution in [0.15, 0.2) is 53.5 Å². The summed E-state index contributed by atoms with van der Waals surface area (Å²) in [6, 6.07) is 13.1. The Labute approximate surface area is 153 Å². The summed E-state index contributed by atoms with van der Waals surface area (Å²) < 4.78 is 42.3. The van der Waals surface area contributed by atoms with Crippen LogP contribution in [-0.2, 0) is 6.54 Å². The van der Waals surface area contributed by atoms with Crippen molar-refractivity contribution in [2.75, 3.05) is 11.9 Å². The van der Waals surface area contributed by atoms with Gasteiger partial charge in [0, 0.05) is 12.2 Å². The second kappa shape index (κ2) is 7.56. The normalized spacial score (nSPS) is 12.4. The van der Waals surface area contributed by atoms with Crippen molar-refractivity contribution in [3.8, 4) is 5.75 Å². The molecule has 0 bridgehead atoms. The van der Waals surface area contributed by atoms with Crippen molar-refractivity contribution in [2.45, 2.75) is 19.8 Å². The Morgan fingerprint density at radius 1 is 1.19 bits per heavy atom. The van der Waals surface area contributed by atoms with E-state index in [9.17, 15) is 13.2 Å². The number of rotatable bonds is 5. The molecule has 0 saturated carbocycles. The van der Waals surface area contributed by atoms with Crippen LogP contribution in [0.2, 0.25) is 0 Å². The van der Waals surface area contributed by atoms with Crippen LogP contribution in [0.4, 0.5) is 18.9 Å². The van der Waals surface area contributed by atoms with Crippen molar-refractivity contribution >= 4 is 22.7 Å². The number of halogens is 3. The number of anilines is 1. The van der Waals surface area contributed by atoms with Crippen molar-refractivity contribution in [2.24, 2.45) is 10.7 Å². The maximum Gasteiger partial charge on any atom is 0.573 e. The van der Waals surface area contributed by atoms with E-state index in [1.807, 2.05) is 31.2 Å². The molecule has 0 radical (unpaired) electrons. The predicted molar refractivity (Wildman–Crippen MR) is 97.7 cm³/mol. The molecule has 6 nitrogen and oxygen atoms in total. The minimum Gasteiger partial charge on any atom is -0.406 e. The predicted octanol–water partition coefficient (Wildman–Crippen LogP) is 3.67. The number of alkyl halides is 3. The lowest BCUT2D eigenvalue weighted by Gasteiger charge is -2.10. The van der Waals surface area contributed by atoms with Gasteiger partial charge < -0.3 is 20.4 Å². The Morgan fingerprint density at radius 3 is 2.59 bits per heavy atom. The van der Waals surface area contributed by atoms with Gasteiger partial charge in [-0.2, -0.15) is 0 Å². The first-order valence-corrected chi connectivity index (χ1v) is 8.16. The molecular formula is C18H18F3N5O. The zero-order valence-electron chi connectivity index (χ0n) is 14.5. The van der Waals surface area contributed by atoms with Gasteiger partial charge in [0.1, 0.15) is 11.6 Å². The summed E-state index contributed by atoms with van der Waals surface area (Å²) >= 11 is 0. The molecule has 0 unspecified atom stereocenters. The van der Waals surface area contributed by atoms with E-state index in [2.05, 4.69) is 24.6 Å². The molecule has 0 aliphatic carbocycles. The fourth-order valence-electron chi connectivity index (χ4n) is 2.68. The van der Waals surface area contributed by atoms with Crippen LogP contribution in [0.1, 0.15) is 5.82 Å². The number of ether oxygens (including phenoxy) is 1. The van der Waals surface area contributed by atoms with Crippen LogP contribution in [0, 0.1) is 6.92 Å². The molecule has 3 N–H and O–H groups in total. The molecule has 9 heteroatoms. The number of hydrogen-bond donors (Lipinski definition) is 2. The van der Waals surface area contributed by atoms with Gasteiger partial charge in [0.05, 0.1) is 17.6 Å². The number of aryl methyl sites for hydroxylation is 1. The summed E-state index contributed by atoms with van der Waals surface area (Å²) in [5, 5.41) is 2.83. The molecule has 0 spiro atoms. The molecule has 0 aliphatic rings. The molecule has 0 amide bonds. The number of para-hydroxylation sites is 2. The van der Waals surface area contributed by atoms with E-state index < -0.39 is 6.36 Å². The number of fused-ring (bicyclic) bond motifs is 1. The fraction of sp³-hybridized carbons (Fsp3) is 0.222. The largest absolute Gasteiger partial charge is 0.573 e. The fourth-order valence-corrected chi connectivity index (χ4v) is 2.68. The standard InChI is InChI=1S/C18H18F3N5O/c1-12-24-15-4-2-3-5-16(15)26(12)11-10-23-17(22)25-13-6-8-14(9-7-13)27-18(19,20)21/h2-9H,10-11H2,1H3,(H3,22,23,25). The lowest BCUT2D eigenvalue weighted by atomic mass is 10.3. The number of imidazole rings is 1. The van der Waals surface area contributed by atoms with E-state index in [-0.39, 0.29) is 11.7 Å². The van der Waals surface area contributed by atoms with Crippen LogP contribution < -0.4 is 15.8 Å². The van der Waals surface area contributed by atoms with Gasteiger partial charge in [-0.1, -0.05) is 12.1 Å². The average molecular weight is 377 g/mol. The molecule has 2 aromatic carbocycles. The van der Waals surface area contributed by atoms with E-state index in [0.29, 0.717) is 18.8 Å². The first-order valence-electron chi connectivity index (χ1n) is 8.16. The Bertz CT molecular complexity index is 948. The Kier molecular flexibility index (Phi) is 5.20. The van der Waals surface area contributed by atoms with Crippen LogP contribution in [0.5, 0.6) is 5.75 Å². The van der Waals surface area contributed by atoms with Gasteiger partial charge in [-0.3, -0.25) is 4.99 Å². The molecule has 0 saturated heterocycles. The number of guanidine groups is 1. The molecular weight excluding hydrogens is 359 g/mol. The van der Waals surface area contributed by atoms with Gasteiger partial charge in [0.25, 0.3) is 0 Å². The van der Waals surface area contributed by atoms with Crippen molar-refractivity contribution in [1.29, 1.82) is 0 Å². The number of nitrogens with one attached hydrogen (secondary N) is 1. The summed E-state index contributed by atoms with van der Waals surface area (Å²) in [4.78, 5) is 8.74. The highest BCUT2D eigenvalue weighted by Gasteiger charge is 2.30. The zero-order valence-corrected chi connectivity index (χ0v) is 14.5. The molecule has 0 aliphatic heterocycles. The van der Waals surface area contributed by atoms with Gasteiger partial charge in [0.2, 0.25) is 0 Å². The molecule has 0 atom stereocenters. The second-order valence-electron chi connectivity index (χ2n) is 5.76. The minimum absolute atomic E-state index is 0.168. The maximum atomic E-state index is 12.2. The molecule has 27 heavy (non-hydrogen) atoms. The number of hydrogen-bond acceptors (Lipinski definition) is 3. The topological polar surface area (TPSA) is 77.5 Å². The first kappa shape index (κ1) is 18.6. The monoisotopic (exact) mass is 377 g/mol. The van der Waals surface area contributed by atoms with E-state index in [1.54, 1.807) is 0 Å². The Hall–Kier alpha value is -3.23. The van der Waals surface area contributed by atoms with Crippen molar-refractivity contribution in [3.05, 3.63) is 54.4 Å². The van der Waals surface area contributed by atoms with Gasteiger partial charge >= 0.3 is 6.36 Å². The number of nitrogens with two attached hydrogens (primary N) is 1. The second-order valence-corrected chi connectivity index (χ2v) is 5.76. The Morgan fingerprint density at radius 2 is 1.89 bits per heavy atom. The highest BCUT2D eigenvalue weighted by atomic mass is 19.4.